The molecule has 0 aromatic carbocycles. The van der Waals surface area contributed by atoms with E-state index in [0.29, 0.717) is 0 Å². The van der Waals surface area contributed by atoms with Crippen LogP contribution in [-0.4, -0.2) is 49.4 Å². The third-order valence-electron chi connectivity index (χ3n) is 6.80. The van der Waals surface area contributed by atoms with Gasteiger partial charge >= 0.3 is 0 Å². The Morgan fingerprint density at radius 2 is 0.886 bits per heavy atom. The molecule has 0 unspecified atom stereocenters. The van der Waals surface area contributed by atoms with Crippen molar-refractivity contribution in [1.29, 1.82) is 0 Å². The zero-order chi connectivity index (χ0) is 26.7. The summed E-state index contributed by atoms with van der Waals surface area (Å²) in [5.74, 6) is -0.479. The molecule has 0 fully saturated rings. The summed E-state index contributed by atoms with van der Waals surface area (Å²) in [6.45, 7) is 19.5. The standard InChI is InChI=1S/C27H56N.C3H6O3S/c1-5-9-12-15-18-21-25-28(24-8-4,26-22-19-16-13-10-6-2)27-23-20-17-14-11-7-3;1-2-3-7(4,5)6/h8H,4-7,9-27H2,1-3H3;2H,1,3H2,(H,4,5,6)/q+1;/p-1. The molecular weight excluding hydrogens is 454 g/mol. The molecule has 4 nitrogen and oxygen atoms in total. The lowest BCUT2D eigenvalue weighted by Crippen LogP contribution is -2.50. The van der Waals surface area contributed by atoms with E-state index < -0.39 is 15.9 Å². The maximum atomic E-state index is 9.60. The highest BCUT2D eigenvalue weighted by Crippen LogP contribution is 2.18. The number of quaternary nitrogens is 1. The third kappa shape index (κ3) is 27.8. The summed E-state index contributed by atoms with van der Waals surface area (Å²) in [6, 6.07) is 0. The summed E-state index contributed by atoms with van der Waals surface area (Å²) >= 11 is 0. The van der Waals surface area contributed by atoms with Gasteiger partial charge in [0, 0.05) is 0 Å². The van der Waals surface area contributed by atoms with Crippen LogP contribution < -0.4 is 0 Å². The molecule has 0 radical (unpaired) electrons. The minimum absolute atomic E-state index is 0.479. The maximum Gasteiger partial charge on any atom is 0.0982 e. The van der Waals surface area contributed by atoms with Crippen molar-refractivity contribution >= 4 is 10.1 Å². The van der Waals surface area contributed by atoms with Crippen LogP contribution in [0.2, 0.25) is 0 Å². The zero-order valence-electron chi connectivity index (χ0n) is 23.9. The van der Waals surface area contributed by atoms with Gasteiger partial charge in [-0.1, -0.05) is 110 Å². The summed E-state index contributed by atoms with van der Waals surface area (Å²) in [5, 5.41) is 0. The van der Waals surface area contributed by atoms with Gasteiger partial charge < -0.3 is 9.04 Å². The van der Waals surface area contributed by atoms with Crippen molar-refractivity contribution < 1.29 is 17.5 Å². The summed E-state index contributed by atoms with van der Waals surface area (Å²) in [7, 11) is -4.04. The van der Waals surface area contributed by atoms with Crippen molar-refractivity contribution in [1.82, 2.24) is 0 Å². The fourth-order valence-electron chi connectivity index (χ4n) is 4.71. The maximum absolute atomic E-state index is 9.60. The van der Waals surface area contributed by atoms with E-state index in [1.807, 2.05) is 0 Å². The molecule has 0 aromatic rings. The summed E-state index contributed by atoms with van der Waals surface area (Å²) in [4.78, 5) is 0. The molecule has 0 aromatic heterocycles. The Morgan fingerprint density at radius 1 is 0.571 bits per heavy atom. The van der Waals surface area contributed by atoms with Crippen LogP contribution in [0, 0.1) is 0 Å². The molecule has 0 amide bonds. The van der Waals surface area contributed by atoms with Crippen LogP contribution in [0.15, 0.2) is 25.3 Å². The topological polar surface area (TPSA) is 57.2 Å². The van der Waals surface area contributed by atoms with Crippen LogP contribution in [0.4, 0.5) is 0 Å². The number of unbranched alkanes of at least 4 members (excludes halogenated alkanes) is 15. The lowest BCUT2D eigenvalue weighted by Gasteiger charge is -2.38. The van der Waals surface area contributed by atoms with Crippen molar-refractivity contribution in [2.24, 2.45) is 0 Å². The van der Waals surface area contributed by atoms with Crippen molar-refractivity contribution in [3.63, 3.8) is 0 Å². The second-order valence-corrected chi connectivity index (χ2v) is 11.7. The van der Waals surface area contributed by atoms with E-state index in [1.165, 1.54) is 146 Å². The minimum Gasteiger partial charge on any atom is -0.748 e. The fourth-order valence-corrected chi connectivity index (χ4v) is 5.00. The van der Waals surface area contributed by atoms with Gasteiger partial charge in [-0.3, -0.25) is 0 Å². The van der Waals surface area contributed by atoms with Crippen LogP contribution in [-0.2, 0) is 10.1 Å². The predicted molar refractivity (Wildman–Crippen MR) is 155 cm³/mol. The summed E-state index contributed by atoms with van der Waals surface area (Å²) in [6.07, 6.45) is 28.8. The van der Waals surface area contributed by atoms with Crippen molar-refractivity contribution in [2.75, 3.05) is 31.9 Å². The van der Waals surface area contributed by atoms with Gasteiger partial charge in [0.2, 0.25) is 0 Å². The largest absolute Gasteiger partial charge is 0.748 e. The highest BCUT2D eigenvalue weighted by molar-refractivity contribution is 7.85. The van der Waals surface area contributed by atoms with Crippen LogP contribution in [0.1, 0.15) is 136 Å². The first-order valence-electron chi connectivity index (χ1n) is 14.8. The van der Waals surface area contributed by atoms with Gasteiger partial charge in [-0.05, 0) is 44.6 Å². The fraction of sp³-hybridized carbons (Fsp3) is 0.867. The van der Waals surface area contributed by atoms with Gasteiger partial charge in [0.05, 0.1) is 42.1 Å². The molecule has 0 aliphatic rings. The monoisotopic (exact) mass is 515 g/mol. The molecule has 0 saturated heterocycles. The normalized spacial score (nSPS) is 11.7. The van der Waals surface area contributed by atoms with E-state index in [1.54, 1.807) is 0 Å². The molecule has 0 aliphatic heterocycles. The zero-order valence-corrected chi connectivity index (χ0v) is 24.7. The van der Waals surface area contributed by atoms with Gasteiger partial charge in [0.25, 0.3) is 0 Å². The average Bonchev–Trinajstić information content (AvgIpc) is 2.80. The SMILES string of the molecule is C=CCS(=O)(=O)[O-].C=CC[N+](CCCCCCCC)(CCCCCCCC)CCCCCCCC. The molecule has 0 heterocycles. The lowest BCUT2D eigenvalue weighted by molar-refractivity contribution is -0.923. The van der Waals surface area contributed by atoms with E-state index in [-0.39, 0.29) is 0 Å². The Morgan fingerprint density at radius 3 is 1.11 bits per heavy atom. The Kier molecular flexibility index (Phi) is 27.6. The van der Waals surface area contributed by atoms with Gasteiger partial charge in [-0.25, -0.2) is 8.42 Å². The first-order chi connectivity index (χ1) is 16.8. The van der Waals surface area contributed by atoms with Crippen LogP contribution in [0.25, 0.3) is 0 Å². The van der Waals surface area contributed by atoms with Crippen LogP contribution >= 0.6 is 0 Å². The molecule has 0 rings (SSSR count). The van der Waals surface area contributed by atoms with E-state index >= 15 is 0 Å². The smallest absolute Gasteiger partial charge is 0.0982 e. The lowest BCUT2D eigenvalue weighted by atomic mass is 10.1. The molecule has 0 saturated carbocycles. The molecule has 5 heteroatoms. The highest BCUT2D eigenvalue weighted by Gasteiger charge is 2.24. The van der Waals surface area contributed by atoms with Gasteiger partial charge in [-0.2, -0.15) is 0 Å². The predicted octanol–water partition coefficient (Wildman–Crippen LogP) is 8.79. The summed E-state index contributed by atoms with van der Waals surface area (Å²) < 4.78 is 30.1. The van der Waals surface area contributed by atoms with E-state index in [0.717, 1.165) is 6.08 Å². The van der Waals surface area contributed by atoms with Gasteiger partial charge in [-0.15, -0.1) is 6.58 Å². The number of nitrogens with zero attached hydrogens (tertiary/aromatic N) is 1. The first kappa shape index (κ1) is 36.5. The van der Waals surface area contributed by atoms with Crippen LogP contribution in [0.3, 0.4) is 0 Å². The van der Waals surface area contributed by atoms with Crippen molar-refractivity contribution in [3.05, 3.63) is 25.3 Å². The van der Waals surface area contributed by atoms with Crippen molar-refractivity contribution in [3.8, 4) is 0 Å². The molecule has 0 bridgehead atoms. The van der Waals surface area contributed by atoms with E-state index in [9.17, 15) is 13.0 Å². The summed E-state index contributed by atoms with van der Waals surface area (Å²) in [5.41, 5.74) is 0. The molecular formula is C30H61NO3S. The Balaban J connectivity index is 0. The molecule has 0 N–H and O–H groups in total. The van der Waals surface area contributed by atoms with Crippen LogP contribution in [0.5, 0.6) is 0 Å². The first-order valence-corrected chi connectivity index (χ1v) is 16.4. The quantitative estimate of drug-likeness (QED) is 0.0528. The molecule has 0 spiro atoms. The highest BCUT2D eigenvalue weighted by atomic mass is 32.2. The molecule has 210 valence electrons. The van der Waals surface area contributed by atoms with Gasteiger partial charge in [0.15, 0.2) is 0 Å². The number of hydrogen-bond donors (Lipinski definition) is 0. The molecule has 0 aliphatic carbocycles. The number of rotatable bonds is 25. The molecule has 0 atom stereocenters. The third-order valence-corrected chi connectivity index (χ3v) is 7.44. The Labute approximate surface area is 221 Å². The second kappa shape index (κ2) is 26.4. The van der Waals surface area contributed by atoms with Gasteiger partial charge in [0.1, 0.15) is 0 Å². The van der Waals surface area contributed by atoms with E-state index in [2.05, 4.69) is 40.0 Å². The average molecular weight is 516 g/mol. The molecule has 35 heavy (non-hydrogen) atoms. The van der Waals surface area contributed by atoms with E-state index in [4.69, 9.17) is 0 Å². The number of hydrogen-bond acceptors (Lipinski definition) is 3. The Bertz CT molecular complexity index is 519. The van der Waals surface area contributed by atoms with Crippen molar-refractivity contribution in [2.45, 2.75) is 136 Å². The Hall–Kier alpha value is -0.650. The minimum atomic E-state index is -4.04. The second-order valence-electron chi connectivity index (χ2n) is 10.3.